The minimum Gasteiger partial charge on any atom is -0.362 e. The molecule has 2 aromatic carbocycles. The van der Waals surface area contributed by atoms with E-state index in [1.54, 1.807) is 47.4 Å². The second-order valence-electron chi connectivity index (χ2n) is 7.37. The van der Waals surface area contributed by atoms with E-state index in [4.69, 9.17) is 0 Å². The second-order valence-corrected chi connectivity index (χ2v) is 7.37. The SMILES string of the molecule is O=C(Nc1cccc(C(=O)N2CCN(c3ccccc3[N+](=O)[O-])CC2)c1)C1CC1. The van der Waals surface area contributed by atoms with E-state index in [-0.39, 0.29) is 28.3 Å². The number of nitro benzene ring substituents is 1. The molecule has 1 N–H and O–H groups in total. The van der Waals surface area contributed by atoms with Crippen LogP contribution >= 0.6 is 0 Å². The summed E-state index contributed by atoms with van der Waals surface area (Å²) in [4.78, 5) is 39.4. The lowest BCUT2D eigenvalue weighted by atomic mass is 10.1. The van der Waals surface area contributed by atoms with Gasteiger partial charge in [0.25, 0.3) is 11.6 Å². The Morgan fingerprint density at radius 1 is 1.00 bits per heavy atom. The summed E-state index contributed by atoms with van der Waals surface area (Å²) in [5.74, 6) is 0.00637. The summed E-state index contributed by atoms with van der Waals surface area (Å²) in [5, 5.41) is 14.1. The van der Waals surface area contributed by atoms with Crippen LogP contribution in [0.2, 0.25) is 0 Å². The van der Waals surface area contributed by atoms with Crippen molar-refractivity contribution in [2.45, 2.75) is 12.8 Å². The number of nitro groups is 1. The highest BCUT2D eigenvalue weighted by Gasteiger charge is 2.30. The van der Waals surface area contributed by atoms with Gasteiger partial charge in [0.15, 0.2) is 0 Å². The van der Waals surface area contributed by atoms with Crippen molar-refractivity contribution < 1.29 is 14.5 Å². The van der Waals surface area contributed by atoms with Crippen LogP contribution in [0.4, 0.5) is 17.1 Å². The van der Waals surface area contributed by atoms with Gasteiger partial charge in [0.2, 0.25) is 5.91 Å². The molecular weight excluding hydrogens is 372 g/mol. The third-order valence-corrected chi connectivity index (χ3v) is 5.31. The molecule has 1 saturated heterocycles. The van der Waals surface area contributed by atoms with Gasteiger partial charge in [-0.2, -0.15) is 0 Å². The quantitative estimate of drug-likeness (QED) is 0.621. The smallest absolute Gasteiger partial charge is 0.292 e. The molecule has 0 bridgehead atoms. The summed E-state index contributed by atoms with van der Waals surface area (Å²) in [5.41, 5.74) is 1.81. The van der Waals surface area contributed by atoms with Crippen molar-refractivity contribution >= 4 is 28.9 Å². The predicted molar refractivity (Wildman–Crippen MR) is 109 cm³/mol. The first-order chi connectivity index (χ1) is 14.0. The average molecular weight is 394 g/mol. The Bertz CT molecular complexity index is 949. The van der Waals surface area contributed by atoms with Gasteiger partial charge >= 0.3 is 0 Å². The Morgan fingerprint density at radius 3 is 2.41 bits per heavy atom. The predicted octanol–water partition coefficient (Wildman–Crippen LogP) is 2.91. The number of rotatable bonds is 5. The van der Waals surface area contributed by atoms with E-state index in [2.05, 4.69) is 5.32 Å². The fourth-order valence-electron chi connectivity index (χ4n) is 3.54. The molecule has 2 fully saturated rings. The van der Waals surface area contributed by atoms with Crippen LogP contribution in [0, 0.1) is 16.0 Å². The van der Waals surface area contributed by atoms with Crippen LogP contribution in [0.3, 0.4) is 0 Å². The van der Waals surface area contributed by atoms with Gasteiger partial charge in [-0.1, -0.05) is 18.2 Å². The summed E-state index contributed by atoms with van der Waals surface area (Å²) in [6, 6.07) is 13.6. The van der Waals surface area contributed by atoms with Crippen molar-refractivity contribution in [1.29, 1.82) is 0 Å². The number of hydrogen-bond donors (Lipinski definition) is 1. The lowest BCUT2D eigenvalue weighted by molar-refractivity contribution is -0.384. The number of amides is 2. The third-order valence-electron chi connectivity index (χ3n) is 5.31. The average Bonchev–Trinajstić information content (AvgIpc) is 3.59. The van der Waals surface area contributed by atoms with Gasteiger partial charge in [-0.05, 0) is 37.1 Å². The highest BCUT2D eigenvalue weighted by Crippen LogP contribution is 2.30. The van der Waals surface area contributed by atoms with E-state index in [1.807, 2.05) is 4.90 Å². The summed E-state index contributed by atoms with van der Waals surface area (Å²) < 4.78 is 0. The van der Waals surface area contributed by atoms with Gasteiger partial charge in [0, 0.05) is 49.4 Å². The molecular formula is C21H22N4O4. The number of para-hydroxylation sites is 2. The normalized spacial score (nSPS) is 16.4. The molecule has 1 aliphatic carbocycles. The molecule has 2 aromatic rings. The molecule has 1 saturated carbocycles. The van der Waals surface area contributed by atoms with Crippen LogP contribution in [0.1, 0.15) is 23.2 Å². The van der Waals surface area contributed by atoms with E-state index < -0.39 is 0 Å². The minimum absolute atomic E-state index is 0.00710. The number of anilines is 2. The van der Waals surface area contributed by atoms with Crippen molar-refractivity contribution in [2.75, 3.05) is 36.4 Å². The Hall–Kier alpha value is -3.42. The second kappa shape index (κ2) is 7.90. The van der Waals surface area contributed by atoms with Gasteiger partial charge in [-0.25, -0.2) is 0 Å². The number of nitrogens with one attached hydrogen (secondary N) is 1. The Balaban J connectivity index is 1.40. The fourth-order valence-corrected chi connectivity index (χ4v) is 3.54. The lowest BCUT2D eigenvalue weighted by Gasteiger charge is -2.35. The molecule has 0 spiro atoms. The number of carbonyl (C=O) groups excluding carboxylic acids is 2. The number of piperazine rings is 1. The number of hydrogen-bond acceptors (Lipinski definition) is 5. The Labute approximate surface area is 168 Å². The third kappa shape index (κ3) is 4.21. The zero-order chi connectivity index (χ0) is 20.4. The van der Waals surface area contributed by atoms with E-state index in [0.29, 0.717) is 43.1 Å². The molecule has 0 unspecified atom stereocenters. The molecule has 150 valence electrons. The summed E-state index contributed by atoms with van der Waals surface area (Å²) in [6.45, 7) is 2.00. The topological polar surface area (TPSA) is 95.8 Å². The first kappa shape index (κ1) is 18.9. The van der Waals surface area contributed by atoms with Crippen LogP contribution < -0.4 is 10.2 Å². The van der Waals surface area contributed by atoms with Crippen LogP contribution in [-0.2, 0) is 4.79 Å². The summed E-state index contributed by atoms with van der Waals surface area (Å²) >= 11 is 0. The van der Waals surface area contributed by atoms with E-state index >= 15 is 0 Å². The molecule has 2 amide bonds. The Morgan fingerprint density at radius 2 is 1.72 bits per heavy atom. The molecule has 1 heterocycles. The summed E-state index contributed by atoms with van der Waals surface area (Å²) in [6.07, 6.45) is 1.85. The standard InChI is InChI=1S/C21H22N4O4/c26-20(15-8-9-15)22-17-5-3-4-16(14-17)21(27)24-12-10-23(11-13-24)18-6-1-2-7-19(18)25(28)29/h1-7,14-15H,8-13H2,(H,22,26). The molecule has 0 atom stereocenters. The lowest BCUT2D eigenvalue weighted by Crippen LogP contribution is -2.49. The summed E-state index contributed by atoms with van der Waals surface area (Å²) in [7, 11) is 0. The van der Waals surface area contributed by atoms with Crippen molar-refractivity contribution in [1.82, 2.24) is 4.90 Å². The molecule has 2 aliphatic rings. The van der Waals surface area contributed by atoms with Gasteiger partial charge in [0.05, 0.1) is 4.92 Å². The van der Waals surface area contributed by atoms with Gasteiger partial charge in [-0.15, -0.1) is 0 Å². The highest BCUT2D eigenvalue weighted by atomic mass is 16.6. The van der Waals surface area contributed by atoms with Crippen molar-refractivity contribution in [3.8, 4) is 0 Å². The molecule has 29 heavy (non-hydrogen) atoms. The van der Waals surface area contributed by atoms with E-state index in [1.165, 1.54) is 6.07 Å². The van der Waals surface area contributed by atoms with Crippen LogP contribution in [-0.4, -0.2) is 47.8 Å². The first-order valence-electron chi connectivity index (χ1n) is 9.71. The molecule has 8 heteroatoms. The maximum absolute atomic E-state index is 12.9. The molecule has 0 radical (unpaired) electrons. The van der Waals surface area contributed by atoms with Gasteiger partial charge < -0.3 is 15.1 Å². The zero-order valence-electron chi connectivity index (χ0n) is 15.9. The molecule has 4 rings (SSSR count). The van der Waals surface area contributed by atoms with Crippen LogP contribution in [0.25, 0.3) is 0 Å². The monoisotopic (exact) mass is 394 g/mol. The minimum atomic E-state index is -0.381. The number of carbonyl (C=O) groups is 2. The Kier molecular flexibility index (Phi) is 5.16. The maximum Gasteiger partial charge on any atom is 0.292 e. The highest BCUT2D eigenvalue weighted by molar-refractivity contribution is 5.98. The van der Waals surface area contributed by atoms with Crippen molar-refractivity contribution in [3.05, 3.63) is 64.2 Å². The zero-order valence-corrected chi connectivity index (χ0v) is 15.9. The first-order valence-corrected chi connectivity index (χ1v) is 9.71. The van der Waals surface area contributed by atoms with Gasteiger partial charge in [0.1, 0.15) is 5.69 Å². The van der Waals surface area contributed by atoms with Crippen molar-refractivity contribution in [3.63, 3.8) is 0 Å². The molecule has 0 aromatic heterocycles. The van der Waals surface area contributed by atoms with E-state index in [0.717, 1.165) is 12.8 Å². The van der Waals surface area contributed by atoms with Gasteiger partial charge in [-0.3, -0.25) is 19.7 Å². The number of benzene rings is 2. The van der Waals surface area contributed by atoms with Crippen LogP contribution in [0.15, 0.2) is 48.5 Å². The van der Waals surface area contributed by atoms with Crippen molar-refractivity contribution in [2.24, 2.45) is 5.92 Å². The molecule has 1 aliphatic heterocycles. The maximum atomic E-state index is 12.9. The molecule has 8 nitrogen and oxygen atoms in total. The number of nitrogens with zero attached hydrogens (tertiary/aromatic N) is 3. The fraction of sp³-hybridized carbons (Fsp3) is 0.333. The van der Waals surface area contributed by atoms with Crippen LogP contribution in [0.5, 0.6) is 0 Å². The largest absolute Gasteiger partial charge is 0.362 e. The van der Waals surface area contributed by atoms with E-state index in [9.17, 15) is 19.7 Å².